The molecule has 1 aromatic heterocycles. The second kappa shape index (κ2) is 7.06. The first-order valence-corrected chi connectivity index (χ1v) is 7.70. The highest BCUT2D eigenvalue weighted by Crippen LogP contribution is 2.28. The average molecular weight is 306 g/mol. The van der Waals surface area contributed by atoms with E-state index in [2.05, 4.69) is 47.3 Å². The smallest absolute Gasteiger partial charge is 0.156 e. The summed E-state index contributed by atoms with van der Waals surface area (Å²) in [5.41, 5.74) is 5.56. The number of rotatable bonds is 4. The van der Waals surface area contributed by atoms with Crippen molar-refractivity contribution in [3.63, 3.8) is 0 Å². The van der Waals surface area contributed by atoms with Crippen molar-refractivity contribution in [2.24, 2.45) is 0 Å². The first kappa shape index (κ1) is 16.7. The molecule has 0 bridgehead atoms. The molecule has 0 saturated carbocycles. The van der Waals surface area contributed by atoms with E-state index in [9.17, 15) is 5.26 Å². The molecular weight excluding hydrogens is 284 g/mol. The van der Waals surface area contributed by atoms with E-state index in [4.69, 9.17) is 0 Å². The Morgan fingerprint density at radius 3 is 2.35 bits per heavy atom. The number of aromatic nitrogens is 2. The Kier molecular flexibility index (Phi) is 5.13. The van der Waals surface area contributed by atoms with Crippen LogP contribution in [0.2, 0.25) is 0 Å². The van der Waals surface area contributed by atoms with Crippen LogP contribution in [0.25, 0.3) is 11.1 Å². The van der Waals surface area contributed by atoms with Crippen molar-refractivity contribution >= 4 is 16.8 Å². The van der Waals surface area contributed by atoms with Gasteiger partial charge in [0.25, 0.3) is 0 Å². The van der Waals surface area contributed by atoms with Crippen LogP contribution in [0.1, 0.15) is 49.2 Å². The summed E-state index contributed by atoms with van der Waals surface area (Å²) < 4.78 is 0. The molecule has 1 aromatic carbocycles. The normalized spacial score (nSPS) is 11.9. The summed E-state index contributed by atoms with van der Waals surface area (Å²) in [7, 11) is 1.82. The molecule has 118 valence electrons. The van der Waals surface area contributed by atoms with Crippen LogP contribution in [-0.4, -0.2) is 17.0 Å². The topological polar surface area (TPSA) is 61.6 Å². The zero-order valence-electron chi connectivity index (χ0n) is 14.3. The standard InChI is InChI=1S/C19H22N4/c1-12(2)15-6-7-17(13(3)8-15)18(9-20)14(4)19-22-10-16(21-5)11-23-19/h6-8,10-12,21H,1-5H3/b18-14+. The SMILES string of the molecule is CNc1cnc(/C(C)=C(\C#N)c2ccc(C(C)C)cc2C)nc1. The van der Waals surface area contributed by atoms with Crippen LogP contribution >= 0.6 is 0 Å². The van der Waals surface area contributed by atoms with Gasteiger partial charge in [-0.2, -0.15) is 5.26 Å². The van der Waals surface area contributed by atoms with Gasteiger partial charge < -0.3 is 5.32 Å². The maximum atomic E-state index is 9.64. The third-order valence-electron chi connectivity index (χ3n) is 3.95. The number of nitrogens with zero attached hydrogens (tertiary/aromatic N) is 3. The van der Waals surface area contributed by atoms with E-state index >= 15 is 0 Å². The molecule has 2 aromatic rings. The summed E-state index contributed by atoms with van der Waals surface area (Å²) in [4.78, 5) is 8.67. The fourth-order valence-corrected chi connectivity index (χ4v) is 2.44. The molecule has 0 amide bonds. The Balaban J connectivity index is 2.51. The van der Waals surface area contributed by atoms with E-state index in [0.717, 1.165) is 22.4 Å². The van der Waals surface area contributed by atoms with Crippen molar-refractivity contribution < 1.29 is 0 Å². The summed E-state index contributed by atoms with van der Waals surface area (Å²) in [5.74, 6) is 1.05. The van der Waals surface area contributed by atoms with Gasteiger partial charge in [0.15, 0.2) is 5.82 Å². The van der Waals surface area contributed by atoms with Crippen LogP contribution in [0, 0.1) is 18.3 Å². The molecule has 0 spiro atoms. The zero-order chi connectivity index (χ0) is 17.0. The molecule has 23 heavy (non-hydrogen) atoms. The Hall–Kier alpha value is -2.67. The third kappa shape index (κ3) is 3.57. The molecule has 1 heterocycles. The Labute approximate surface area is 137 Å². The number of aryl methyl sites for hydroxylation is 1. The highest BCUT2D eigenvalue weighted by Gasteiger charge is 2.13. The number of allylic oxidation sites excluding steroid dienone is 2. The van der Waals surface area contributed by atoms with Crippen molar-refractivity contribution in [2.45, 2.75) is 33.6 Å². The lowest BCUT2D eigenvalue weighted by Crippen LogP contribution is -1.99. The summed E-state index contributed by atoms with van der Waals surface area (Å²) in [6.07, 6.45) is 3.44. The zero-order valence-corrected chi connectivity index (χ0v) is 14.3. The Morgan fingerprint density at radius 2 is 1.87 bits per heavy atom. The highest BCUT2D eigenvalue weighted by atomic mass is 14.9. The van der Waals surface area contributed by atoms with E-state index in [0.29, 0.717) is 17.3 Å². The van der Waals surface area contributed by atoms with Gasteiger partial charge in [-0.05, 0) is 36.5 Å². The van der Waals surface area contributed by atoms with Gasteiger partial charge in [0.1, 0.15) is 6.07 Å². The summed E-state index contributed by atoms with van der Waals surface area (Å²) in [6.45, 7) is 8.26. The quantitative estimate of drug-likeness (QED) is 0.850. The molecule has 0 aliphatic rings. The molecule has 0 saturated heterocycles. The lowest BCUT2D eigenvalue weighted by Gasteiger charge is -2.12. The van der Waals surface area contributed by atoms with Crippen LogP contribution in [0.15, 0.2) is 30.6 Å². The van der Waals surface area contributed by atoms with Crippen molar-refractivity contribution in [2.75, 3.05) is 12.4 Å². The van der Waals surface area contributed by atoms with Gasteiger partial charge in [-0.25, -0.2) is 9.97 Å². The molecule has 0 aliphatic heterocycles. The number of nitrogens with one attached hydrogen (secondary N) is 1. The fourth-order valence-electron chi connectivity index (χ4n) is 2.44. The predicted octanol–water partition coefficient (Wildman–Crippen LogP) is 4.40. The number of hydrogen-bond donors (Lipinski definition) is 1. The Morgan fingerprint density at radius 1 is 1.22 bits per heavy atom. The van der Waals surface area contributed by atoms with Gasteiger partial charge in [0.05, 0.1) is 23.7 Å². The lowest BCUT2D eigenvalue weighted by molar-refractivity contribution is 0.864. The molecule has 0 atom stereocenters. The fraction of sp³-hybridized carbons (Fsp3) is 0.316. The molecule has 4 heteroatoms. The van der Waals surface area contributed by atoms with E-state index in [1.54, 1.807) is 12.4 Å². The van der Waals surface area contributed by atoms with Crippen molar-refractivity contribution in [3.05, 3.63) is 53.1 Å². The molecule has 4 nitrogen and oxygen atoms in total. The minimum Gasteiger partial charge on any atom is -0.386 e. The minimum atomic E-state index is 0.468. The van der Waals surface area contributed by atoms with Crippen LogP contribution < -0.4 is 5.32 Å². The highest BCUT2D eigenvalue weighted by molar-refractivity contribution is 5.96. The number of benzene rings is 1. The lowest BCUT2D eigenvalue weighted by atomic mass is 9.92. The first-order valence-electron chi connectivity index (χ1n) is 7.70. The molecule has 1 N–H and O–H groups in total. The van der Waals surface area contributed by atoms with E-state index < -0.39 is 0 Å². The predicted molar refractivity (Wildman–Crippen MR) is 94.9 cm³/mol. The summed E-state index contributed by atoms with van der Waals surface area (Å²) >= 11 is 0. The second-order valence-electron chi connectivity index (χ2n) is 5.89. The van der Waals surface area contributed by atoms with E-state index in [-0.39, 0.29) is 0 Å². The van der Waals surface area contributed by atoms with Gasteiger partial charge in [0.2, 0.25) is 0 Å². The molecule has 2 rings (SSSR count). The average Bonchev–Trinajstić information content (AvgIpc) is 2.56. The first-order chi connectivity index (χ1) is 11.0. The molecular formula is C19H22N4. The van der Waals surface area contributed by atoms with Crippen LogP contribution in [-0.2, 0) is 0 Å². The van der Waals surface area contributed by atoms with Crippen LogP contribution in [0.5, 0.6) is 0 Å². The van der Waals surface area contributed by atoms with Crippen LogP contribution in [0.3, 0.4) is 0 Å². The monoisotopic (exact) mass is 306 g/mol. The van der Waals surface area contributed by atoms with Crippen molar-refractivity contribution in [1.82, 2.24) is 9.97 Å². The van der Waals surface area contributed by atoms with Gasteiger partial charge in [-0.1, -0.05) is 32.0 Å². The van der Waals surface area contributed by atoms with Gasteiger partial charge in [-0.3, -0.25) is 0 Å². The minimum absolute atomic E-state index is 0.468. The number of nitriles is 1. The molecule has 0 fully saturated rings. The summed E-state index contributed by atoms with van der Waals surface area (Å²) in [5, 5.41) is 12.6. The van der Waals surface area contributed by atoms with Crippen molar-refractivity contribution in [3.8, 4) is 6.07 Å². The number of anilines is 1. The Bertz CT molecular complexity index is 765. The van der Waals surface area contributed by atoms with E-state index in [1.165, 1.54) is 5.56 Å². The number of hydrogen-bond acceptors (Lipinski definition) is 4. The third-order valence-corrected chi connectivity index (χ3v) is 3.95. The van der Waals surface area contributed by atoms with E-state index in [1.807, 2.05) is 27.0 Å². The molecule has 0 aliphatic carbocycles. The van der Waals surface area contributed by atoms with Crippen molar-refractivity contribution in [1.29, 1.82) is 5.26 Å². The molecule has 0 unspecified atom stereocenters. The maximum Gasteiger partial charge on any atom is 0.156 e. The largest absolute Gasteiger partial charge is 0.386 e. The van der Waals surface area contributed by atoms with Gasteiger partial charge >= 0.3 is 0 Å². The maximum absolute atomic E-state index is 9.64. The van der Waals surface area contributed by atoms with Gasteiger partial charge in [-0.15, -0.1) is 0 Å². The second-order valence-corrected chi connectivity index (χ2v) is 5.89. The van der Waals surface area contributed by atoms with Gasteiger partial charge in [0, 0.05) is 12.6 Å². The molecule has 0 radical (unpaired) electrons. The summed E-state index contributed by atoms with van der Waals surface area (Å²) in [6, 6.07) is 8.58. The van der Waals surface area contributed by atoms with Crippen LogP contribution in [0.4, 0.5) is 5.69 Å².